The van der Waals surface area contributed by atoms with Crippen molar-refractivity contribution in [3.8, 4) is 0 Å². The Balaban J connectivity index is 2.01. The fourth-order valence-electron chi connectivity index (χ4n) is 1.62. The molecule has 1 aromatic carbocycles. The van der Waals surface area contributed by atoms with Crippen LogP contribution < -0.4 is 5.32 Å². The summed E-state index contributed by atoms with van der Waals surface area (Å²) >= 11 is 8.83. The van der Waals surface area contributed by atoms with Gasteiger partial charge in [0.05, 0.1) is 5.02 Å². The van der Waals surface area contributed by atoms with Crippen molar-refractivity contribution in [1.82, 2.24) is 15.0 Å². The van der Waals surface area contributed by atoms with E-state index in [2.05, 4.69) is 20.3 Å². The minimum Gasteiger partial charge on any atom is -0.339 e. The highest BCUT2D eigenvalue weighted by atomic mass is 35.5. The predicted molar refractivity (Wildman–Crippen MR) is 81.7 cm³/mol. The molecule has 0 bridgehead atoms. The number of hydrogen-bond donors (Lipinski definition) is 1. The standard InChI is InChI=1S/C12H8ClFN4S2/c1-19-12-18-11-9(20-12)10(15-5-16-11)17-6-2-3-8(14)7(13)4-6/h2-5H,1H3,(H,15,16,17). The quantitative estimate of drug-likeness (QED) is 0.725. The summed E-state index contributed by atoms with van der Waals surface area (Å²) in [6.07, 6.45) is 3.40. The van der Waals surface area contributed by atoms with Crippen molar-refractivity contribution >= 4 is 56.6 Å². The van der Waals surface area contributed by atoms with Gasteiger partial charge in [0.15, 0.2) is 15.8 Å². The zero-order chi connectivity index (χ0) is 14.1. The number of rotatable bonds is 3. The molecule has 0 aliphatic rings. The molecular formula is C12H8ClFN4S2. The summed E-state index contributed by atoms with van der Waals surface area (Å²) in [6.45, 7) is 0. The fourth-order valence-corrected chi connectivity index (χ4v) is 3.26. The topological polar surface area (TPSA) is 50.7 Å². The maximum Gasteiger partial charge on any atom is 0.176 e. The molecule has 0 unspecified atom stereocenters. The summed E-state index contributed by atoms with van der Waals surface area (Å²) in [5, 5.41) is 3.18. The molecule has 0 atom stereocenters. The monoisotopic (exact) mass is 326 g/mol. The molecule has 0 amide bonds. The van der Waals surface area contributed by atoms with Crippen LogP contribution in [0.1, 0.15) is 0 Å². The summed E-state index contributed by atoms with van der Waals surface area (Å²) in [5.74, 6) is 0.183. The van der Waals surface area contributed by atoms with E-state index in [0.29, 0.717) is 17.2 Å². The number of benzene rings is 1. The Morgan fingerprint density at radius 1 is 1.35 bits per heavy atom. The SMILES string of the molecule is CSc1nc2ncnc(Nc3ccc(F)c(Cl)c3)c2s1. The van der Waals surface area contributed by atoms with Gasteiger partial charge < -0.3 is 5.32 Å². The predicted octanol–water partition coefficient (Wildman–Crippen LogP) is 4.34. The van der Waals surface area contributed by atoms with Gasteiger partial charge in [-0.05, 0) is 24.5 Å². The van der Waals surface area contributed by atoms with Crippen LogP contribution in [0.3, 0.4) is 0 Å². The Hall–Kier alpha value is -1.44. The second-order valence-electron chi connectivity index (χ2n) is 3.81. The van der Waals surface area contributed by atoms with E-state index in [-0.39, 0.29) is 5.02 Å². The number of fused-ring (bicyclic) bond motifs is 1. The molecule has 4 nitrogen and oxygen atoms in total. The van der Waals surface area contributed by atoms with Gasteiger partial charge in [0.2, 0.25) is 0 Å². The number of nitrogens with one attached hydrogen (secondary N) is 1. The van der Waals surface area contributed by atoms with Crippen LogP contribution in [0.4, 0.5) is 15.9 Å². The summed E-state index contributed by atoms with van der Waals surface area (Å²) in [6, 6.07) is 4.43. The van der Waals surface area contributed by atoms with E-state index >= 15 is 0 Å². The zero-order valence-corrected chi connectivity index (χ0v) is 12.6. The van der Waals surface area contributed by atoms with E-state index in [4.69, 9.17) is 11.6 Å². The number of halogens is 2. The molecule has 0 saturated heterocycles. The first kappa shape index (κ1) is 13.5. The highest BCUT2D eigenvalue weighted by Gasteiger charge is 2.11. The van der Waals surface area contributed by atoms with Crippen LogP contribution in [0, 0.1) is 5.82 Å². The van der Waals surface area contributed by atoms with Crippen LogP contribution in [0.5, 0.6) is 0 Å². The molecule has 0 aliphatic heterocycles. The van der Waals surface area contributed by atoms with Crippen LogP contribution in [0.25, 0.3) is 10.3 Å². The normalized spacial score (nSPS) is 10.9. The average molecular weight is 327 g/mol. The van der Waals surface area contributed by atoms with Crippen molar-refractivity contribution in [2.75, 3.05) is 11.6 Å². The Kier molecular flexibility index (Phi) is 3.73. The largest absolute Gasteiger partial charge is 0.339 e. The molecule has 0 saturated carbocycles. The summed E-state index contributed by atoms with van der Waals surface area (Å²) < 4.78 is 14.9. The molecule has 0 radical (unpaired) electrons. The number of nitrogens with zero attached hydrogens (tertiary/aromatic N) is 3. The van der Waals surface area contributed by atoms with Crippen LogP contribution in [-0.4, -0.2) is 21.2 Å². The summed E-state index contributed by atoms with van der Waals surface area (Å²) in [7, 11) is 0. The number of thioether (sulfide) groups is 1. The van der Waals surface area contributed by atoms with Crippen LogP contribution in [0.2, 0.25) is 5.02 Å². The van der Waals surface area contributed by atoms with E-state index in [1.54, 1.807) is 17.8 Å². The molecule has 3 rings (SSSR count). The van der Waals surface area contributed by atoms with Gasteiger partial charge in [-0.2, -0.15) is 0 Å². The molecule has 2 heterocycles. The molecule has 0 spiro atoms. The molecule has 102 valence electrons. The van der Waals surface area contributed by atoms with E-state index < -0.39 is 5.82 Å². The number of aromatic nitrogens is 3. The van der Waals surface area contributed by atoms with Gasteiger partial charge in [-0.1, -0.05) is 23.4 Å². The van der Waals surface area contributed by atoms with E-state index in [0.717, 1.165) is 9.04 Å². The summed E-state index contributed by atoms with van der Waals surface area (Å²) in [5.41, 5.74) is 1.31. The average Bonchev–Trinajstić information content (AvgIpc) is 2.87. The molecule has 1 N–H and O–H groups in total. The second-order valence-corrected chi connectivity index (χ2v) is 6.27. The van der Waals surface area contributed by atoms with Crippen molar-refractivity contribution in [2.24, 2.45) is 0 Å². The fraction of sp³-hybridized carbons (Fsp3) is 0.0833. The molecule has 3 aromatic rings. The Morgan fingerprint density at radius 2 is 2.20 bits per heavy atom. The highest BCUT2D eigenvalue weighted by Crippen LogP contribution is 2.32. The Labute approximate surface area is 127 Å². The minimum atomic E-state index is -0.451. The van der Waals surface area contributed by atoms with Gasteiger partial charge in [0.1, 0.15) is 16.8 Å². The van der Waals surface area contributed by atoms with Crippen molar-refractivity contribution in [1.29, 1.82) is 0 Å². The van der Waals surface area contributed by atoms with E-state index in [9.17, 15) is 4.39 Å². The lowest BCUT2D eigenvalue weighted by molar-refractivity contribution is 0.628. The van der Waals surface area contributed by atoms with Gasteiger partial charge >= 0.3 is 0 Å². The first-order chi connectivity index (χ1) is 9.67. The maximum atomic E-state index is 13.1. The van der Waals surface area contributed by atoms with Crippen molar-refractivity contribution in [3.05, 3.63) is 35.4 Å². The number of hydrogen-bond acceptors (Lipinski definition) is 6. The first-order valence-corrected chi connectivity index (χ1v) is 7.97. The molecule has 8 heteroatoms. The highest BCUT2D eigenvalue weighted by molar-refractivity contribution is 8.00. The second kappa shape index (κ2) is 5.51. The van der Waals surface area contributed by atoms with Gasteiger partial charge in [-0.15, -0.1) is 11.3 Å². The lowest BCUT2D eigenvalue weighted by atomic mass is 10.3. The maximum absolute atomic E-state index is 13.1. The third-order valence-corrected chi connectivity index (χ3v) is 4.85. The molecule has 2 aromatic heterocycles. The van der Waals surface area contributed by atoms with E-state index in [1.807, 2.05) is 6.26 Å². The Morgan fingerprint density at radius 3 is 2.95 bits per heavy atom. The van der Waals surface area contributed by atoms with Crippen LogP contribution >= 0.6 is 34.7 Å². The zero-order valence-electron chi connectivity index (χ0n) is 10.2. The lowest BCUT2D eigenvalue weighted by Crippen LogP contribution is -1.95. The van der Waals surface area contributed by atoms with Gasteiger partial charge in [-0.3, -0.25) is 0 Å². The molecule has 0 fully saturated rings. The number of thiazole rings is 1. The van der Waals surface area contributed by atoms with Crippen LogP contribution in [0.15, 0.2) is 28.9 Å². The third-order valence-electron chi connectivity index (χ3n) is 2.53. The Bertz CT molecular complexity index is 777. The molecule has 20 heavy (non-hydrogen) atoms. The van der Waals surface area contributed by atoms with Crippen molar-refractivity contribution in [3.63, 3.8) is 0 Å². The molecule has 0 aliphatic carbocycles. The molecular weight excluding hydrogens is 319 g/mol. The van der Waals surface area contributed by atoms with Gasteiger partial charge in [0.25, 0.3) is 0 Å². The third kappa shape index (κ3) is 2.56. The van der Waals surface area contributed by atoms with Crippen molar-refractivity contribution in [2.45, 2.75) is 4.34 Å². The smallest absolute Gasteiger partial charge is 0.176 e. The van der Waals surface area contributed by atoms with Gasteiger partial charge in [-0.25, -0.2) is 19.3 Å². The first-order valence-electron chi connectivity index (χ1n) is 5.55. The summed E-state index contributed by atoms with van der Waals surface area (Å²) in [4.78, 5) is 12.7. The minimum absolute atomic E-state index is 0.0643. The van der Waals surface area contributed by atoms with Gasteiger partial charge in [0, 0.05) is 5.69 Å². The van der Waals surface area contributed by atoms with Crippen LogP contribution in [-0.2, 0) is 0 Å². The van der Waals surface area contributed by atoms with Crippen molar-refractivity contribution < 1.29 is 4.39 Å². The lowest BCUT2D eigenvalue weighted by Gasteiger charge is -2.06. The van der Waals surface area contributed by atoms with E-state index in [1.165, 1.54) is 29.8 Å². The number of anilines is 2.